The molecule has 2 fully saturated rings. The average Bonchev–Trinajstić information content (AvgIpc) is 3.43. The van der Waals surface area contributed by atoms with Gasteiger partial charge in [0.25, 0.3) is 0 Å². The van der Waals surface area contributed by atoms with Crippen LogP contribution in [0, 0.1) is 5.92 Å². The minimum absolute atomic E-state index is 0.131. The lowest BCUT2D eigenvalue weighted by Gasteiger charge is -2.36. The van der Waals surface area contributed by atoms with Crippen LogP contribution in [0.2, 0.25) is 0 Å². The van der Waals surface area contributed by atoms with E-state index < -0.39 is 0 Å². The van der Waals surface area contributed by atoms with E-state index >= 15 is 0 Å². The zero-order valence-electron chi connectivity index (χ0n) is 13.9. The van der Waals surface area contributed by atoms with Crippen molar-refractivity contribution in [2.45, 2.75) is 12.3 Å². The van der Waals surface area contributed by atoms with Crippen LogP contribution in [0.25, 0.3) is 0 Å². The molecule has 2 aliphatic rings. The molecule has 0 spiro atoms. The summed E-state index contributed by atoms with van der Waals surface area (Å²) in [5.41, 5.74) is 2.11. The van der Waals surface area contributed by atoms with E-state index in [1.165, 1.54) is 5.56 Å². The molecule has 4 rings (SSSR count). The third-order valence-electron chi connectivity index (χ3n) is 5.20. The quantitative estimate of drug-likeness (QED) is 0.855. The molecule has 2 aromatic carbocycles. The summed E-state index contributed by atoms with van der Waals surface area (Å²) in [6, 6.07) is 15.7. The Morgan fingerprint density at radius 2 is 1.80 bits per heavy atom. The van der Waals surface area contributed by atoms with Crippen LogP contribution in [0.3, 0.4) is 0 Å². The molecule has 25 heavy (non-hydrogen) atoms. The van der Waals surface area contributed by atoms with E-state index in [-0.39, 0.29) is 11.8 Å². The monoisotopic (exact) mass is 400 g/mol. The fourth-order valence-electron chi connectivity index (χ4n) is 3.71. The van der Waals surface area contributed by atoms with Crippen molar-refractivity contribution in [2.24, 2.45) is 5.92 Å². The van der Waals surface area contributed by atoms with E-state index in [1.807, 2.05) is 35.2 Å². The molecule has 130 valence electrons. The number of nitrogens with zero attached hydrogens (tertiary/aromatic N) is 2. The minimum Gasteiger partial charge on any atom is -0.506 e. The summed E-state index contributed by atoms with van der Waals surface area (Å²) in [7, 11) is 0. The Morgan fingerprint density at radius 3 is 2.52 bits per heavy atom. The fourth-order valence-corrected chi connectivity index (χ4v) is 4.12. The maximum Gasteiger partial charge on any atom is 0.226 e. The van der Waals surface area contributed by atoms with Crippen LogP contribution in [-0.2, 0) is 4.79 Å². The molecule has 1 heterocycles. The van der Waals surface area contributed by atoms with Gasteiger partial charge in [0.15, 0.2) is 0 Å². The van der Waals surface area contributed by atoms with Gasteiger partial charge in [-0.05, 0) is 42.2 Å². The maximum atomic E-state index is 12.8. The summed E-state index contributed by atoms with van der Waals surface area (Å²) in [6.45, 7) is 2.96. The highest BCUT2D eigenvalue weighted by Gasteiger charge is 2.46. The Labute approximate surface area is 156 Å². The normalized spacial score (nSPS) is 22.8. The molecule has 5 heteroatoms. The van der Waals surface area contributed by atoms with Crippen molar-refractivity contribution >= 4 is 27.5 Å². The highest BCUT2D eigenvalue weighted by atomic mass is 79.9. The Balaban J connectivity index is 1.36. The standard InChI is InChI=1S/C20H21BrN2O2/c21-15-5-3-4-14(12-15)16-13-17(16)20(25)23-10-8-22(9-11-23)18-6-1-2-7-19(18)24/h1-7,12,16-17,24H,8-11,13H2. The Kier molecular flexibility index (Phi) is 4.42. The van der Waals surface area contributed by atoms with Crippen LogP contribution in [0.5, 0.6) is 5.75 Å². The second-order valence-corrected chi connectivity index (χ2v) is 7.72. The number of phenolic OH excluding ortho intramolecular Hbond substituents is 1. The molecule has 2 atom stereocenters. The van der Waals surface area contributed by atoms with Gasteiger partial charge in [-0.25, -0.2) is 0 Å². The van der Waals surface area contributed by atoms with Crippen LogP contribution in [0.1, 0.15) is 17.9 Å². The largest absolute Gasteiger partial charge is 0.506 e. The lowest BCUT2D eigenvalue weighted by molar-refractivity contribution is -0.132. The smallest absolute Gasteiger partial charge is 0.226 e. The first-order valence-corrected chi connectivity index (χ1v) is 9.50. The van der Waals surface area contributed by atoms with E-state index in [0.29, 0.717) is 11.7 Å². The van der Waals surface area contributed by atoms with Gasteiger partial charge in [0, 0.05) is 36.6 Å². The van der Waals surface area contributed by atoms with Crippen molar-refractivity contribution in [3.8, 4) is 5.75 Å². The number of amides is 1. The minimum atomic E-state index is 0.131. The van der Waals surface area contributed by atoms with Gasteiger partial charge in [0.1, 0.15) is 5.75 Å². The van der Waals surface area contributed by atoms with Crippen LogP contribution >= 0.6 is 15.9 Å². The summed E-state index contributed by atoms with van der Waals surface area (Å²) >= 11 is 3.51. The summed E-state index contributed by atoms with van der Waals surface area (Å²) in [4.78, 5) is 16.9. The molecule has 0 radical (unpaired) electrons. The number of phenols is 1. The topological polar surface area (TPSA) is 43.8 Å². The molecule has 0 bridgehead atoms. The Hall–Kier alpha value is -2.01. The number of rotatable bonds is 3. The lowest BCUT2D eigenvalue weighted by atomic mass is 10.1. The van der Waals surface area contributed by atoms with Gasteiger partial charge in [-0.2, -0.15) is 0 Å². The number of carbonyl (C=O) groups excluding carboxylic acids is 1. The number of benzene rings is 2. The van der Waals surface area contributed by atoms with Crippen LogP contribution < -0.4 is 4.90 Å². The average molecular weight is 401 g/mol. The first-order valence-electron chi connectivity index (χ1n) is 8.70. The first kappa shape index (κ1) is 16.5. The SMILES string of the molecule is O=C(C1CC1c1cccc(Br)c1)N1CCN(c2ccccc2O)CC1. The van der Waals surface area contributed by atoms with Crippen molar-refractivity contribution < 1.29 is 9.90 Å². The molecule has 1 amide bonds. The van der Waals surface area contributed by atoms with Crippen molar-refractivity contribution in [3.05, 3.63) is 58.6 Å². The number of hydrogen-bond donors (Lipinski definition) is 1. The fraction of sp³-hybridized carbons (Fsp3) is 0.350. The van der Waals surface area contributed by atoms with Crippen LogP contribution in [0.15, 0.2) is 53.0 Å². The highest BCUT2D eigenvalue weighted by Crippen LogP contribution is 2.49. The van der Waals surface area contributed by atoms with Crippen molar-refractivity contribution in [1.29, 1.82) is 0 Å². The predicted octanol–water partition coefficient (Wildman–Crippen LogP) is 3.61. The maximum absolute atomic E-state index is 12.8. The van der Waals surface area contributed by atoms with Gasteiger partial charge >= 0.3 is 0 Å². The van der Waals surface area contributed by atoms with Gasteiger partial charge in [0.05, 0.1) is 5.69 Å². The number of para-hydroxylation sites is 2. The number of hydrogen-bond acceptors (Lipinski definition) is 3. The van der Waals surface area contributed by atoms with Crippen LogP contribution in [0.4, 0.5) is 5.69 Å². The molecule has 2 unspecified atom stereocenters. The van der Waals surface area contributed by atoms with E-state index in [9.17, 15) is 9.90 Å². The molecular formula is C20H21BrN2O2. The van der Waals surface area contributed by atoms with Crippen LogP contribution in [-0.4, -0.2) is 42.1 Å². The molecule has 1 N–H and O–H groups in total. The van der Waals surface area contributed by atoms with Gasteiger partial charge < -0.3 is 14.9 Å². The van der Waals surface area contributed by atoms with Gasteiger partial charge in [0.2, 0.25) is 5.91 Å². The summed E-state index contributed by atoms with van der Waals surface area (Å²) in [5, 5.41) is 9.99. The Morgan fingerprint density at radius 1 is 1.04 bits per heavy atom. The molecule has 1 aliphatic heterocycles. The predicted molar refractivity (Wildman–Crippen MR) is 102 cm³/mol. The first-order chi connectivity index (χ1) is 12.1. The number of anilines is 1. The molecule has 1 saturated heterocycles. The number of aromatic hydroxyl groups is 1. The van der Waals surface area contributed by atoms with Gasteiger partial charge in [-0.15, -0.1) is 0 Å². The summed E-state index contributed by atoms with van der Waals surface area (Å²) in [6.07, 6.45) is 0.953. The van der Waals surface area contributed by atoms with E-state index in [0.717, 1.165) is 42.8 Å². The third kappa shape index (κ3) is 3.38. The number of halogens is 1. The molecule has 1 aliphatic carbocycles. The molecule has 2 aromatic rings. The zero-order chi connectivity index (χ0) is 17.4. The molecule has 1 saturated carbocycles. The molecule has 0 aromatic heterocycles. The number of carbonyl (C=O) groups is 1. The van der Waals surface area contributed by atoms with E-state index in [4.69, 9.17) is 0 Å². The zero-order valence-corrected chi connectivity index (χ0v) is 15.5. The molecular weight excluding hydrogens is 380 g/mol. The highest BCUT2D eigenvalue weighted by molar-refractivity contribution is 9.10. The lowest BCUT2D eigenvalue weighted by Crippen LogP contribution is -2.49. The second-order valence-electron chi connectivity index (χ2n) is 6.80. The van der Waals surface area contributed by atoms with Crippen molar-refractivity contribution in [1.82, 2.24) is 4.90 Å². The van der Waals surface area contributed by atoms with Gasteiger partial charge in [-0.3, -0.25) is 4.79 Å². The summed E-state index contributed by atoms with van der Waals surface area (Å²) < 4.78 is 1.07. The van der Waals surface area contributed by atoms with Crippen molar-refractivity contribution in [2.75, 3.05) is 31.1 Å². The van der Waals surface area contributed by atoms with E-state index in [2.05, 4.69) is 33.0 Å². The third-order valence-corrected chi connectivity index (χ3v) is 5.69. The molecule has 4 nitrogen and oxygen atoms in total. The second kappa shape index (κ2) is 6.71. The van der Waals surface area contributed by atoms with Crippen molar-refractivity contribution in [3.63, 3.8) is 0 Å². The van der Waals surface area contributed by atoms with E-state index in [1.54, 1.807) is 6.07 Å². The summed E-state index contributed by atoms with van der Waals surface area (Å²) in [5.74, 6) is 1.08. The number of piperazine rings is 1. The Bertz CT molecular complexity index is 787. The van der Waals surface area contributed by atoms with Gasteiger partial charge in [-0.1, -0.05) is 40.2 Å².